The zero-order valence-corrected chi connectivity index (χ0v) is 15.5. The third kappa shape index (κ3) is 7.83. The second-order valence-electron chi connectivity index (χ2n) is 6.58. The molecule has 6 heteroatoms. The molecule has 0 aliphatic rings. The minimum absolute atomic E-state index is 0.0727. The van der Waals surface area contributed by atoms with E-state index in [4.69, 9.17) is 14.2 Å². The summed E-state index contributed by atoms with van der Waals surface area (Å²) in [6.07, 6.45) is 0.536. The van der Waals surface area contributed by atoms with Crippen LogP contribution in [0.4, 0.5) is 0 Å². The molecule has 25 heavy (non-hydrogen) atoms. The Morgan fingerprint density at radius 3 is 2.32 bits per heavy atom. The second kappa shape index (κ2) is 9.20. The lowest BCUT2D eigenvalue weighted by molar-refractivity contribution is -0.143. The van der Waals surface area contributed by atoms with E-state index in [-0.39, 0.29) is 19.0 Å². The predicted octanol–water partition coefficient (Wildman–Crippen LogP) is 3.20. The Balaban J connectivity index is 3.02. The number of aryl methyl sites for hydroxylation is 1. The Kier molecular flexibility index (Phi) is 7.61. The fourth-order valence-electron chi connectivity index (χ4n) is 2.11. The van der Waals surface area contributed by atoms with Gasteiger partial charge in [-0.1, -0.05) is 12.1 Å². The van der Waals surface area contributed by atoms with Crippen molar-refractivity contribution in [1.82, 2.24) is 0 Å². The van der Waals surface area contributed by atoms with Crippen molar-refractivity contribution in [3.8, 4) is 0 Å². The van der Waals surface area contributed by atoms with Gasteiger partial charge in [-0.25, -0.2) is 4.79 Å². The highest BCUT2D eigenvalue weighted by Crippen LogP contribution is 2.19. The van der Waals surface area contributed by atoms with Crippen molar-refractivity contribution in [2.75, 3.05) is 6.61 Å². The Hall–Kier alpha value is -2.37. The molecule has 0 amide bonds. The number of carbonyl (C=O) groups excluding carboxylic acids is 3. The third-order valence-corrected chi connectivity index (χ3v) is 3.14. The highest BCUT2D eigenvalue weighted by Gasteiger charge is 2.21. The number of rotatable bonds is 7. The number of benzene rings is 1. The molecular weight excluding hydrogens is 324 g/mol. The number of hydrogen-bond donors (Lipinski definition) is 0. The summed E-state index contributed by atoms with van der Waals surface area (Å²) in [5, 5.41) is 0. The topological polar surface area (TPSA) is 78.9 Å². The first-order valence-corrected chi connectivity index (χ1v) is 8.26. The summed E-state index contributed by atoms with van der Waals surface area (Å²) in [6, 6.07) is 5.14. The van der Waals surface area contributed by atoms with Crippen LogP contribution in [0.1, 0.15) is 62.5 Å². The first-order chi connectivity index (χ1) is 11.6. The van der Waals surface area contributed by atoms with E-state index < -0.39 is 17.5 Å². The summed E-state index contributed by atoms with van der Waals surface area (Å²) in [4.78, 5) is 35.0. The second-order valence-corrected chi connectivity index (χ2v) is 6.58. The minimum Gasteiger partial charge on any atom is -0.466 e. The van der Waals surface area contributed by atoms with Crippen molar-refractivity contribution < 1.29 is 28.6 Å². The van der Waals surface area contributed by atoms with Crippen LogP contribution in [-0.4, -0.2) is 30.1 Å². The average Bonchev–Trinajstić information content (AvgIpc) is 2.49. The fourth-order valence-corrected chi connectivity index (χ4v) is 2.11. The van der Waals surface area contributed by atoms with Gasteiger partial charge in [0.05, 0.1) is 12.2 Å². The van der Waals surface area contributed by atoms with E-state index in [2.05, 4.69) is 0 Å². The van der Waals surface area contributed by atoms with E-state index in [1.807, 2.05) is 0 Å². The first-order valence-electron chi connectivity index (χ1n) is 8.26. The van der Waals surface area contributed by atoms with Crippen molar-refractivity contribution in [1.29, 1.82) is 0 Å². The Labute approximate surface area is 148 Å². The highest BCUT2D eigenvalue weighted by atomic mass is 16.6. The molecule has 0 atom stereocenters. The van der Waals surface area contributed by atoms with E-state index in [0.29, 0.717) is 29.7 Å². The van der Waals surface area contributed by atoms with Crippen LogP contribution in [0.15, 0.2) is 18.2 Å². The Morgan fingerprint density at radius 1 is 1.08 bits per heavy atom. The normalized spacial score (nSPS) is 10.9. The highest BCUT2D eigenvalue weighted by molar-refractivity contribution is 5.91. The van der Waals surface area contributed by atoms with Crippen LogP contribution in [0, 0.1) is 0 Å². The summed E-state index contributed by atoms with van der Waals surface area (Å²) < 4.78 is 15.3. The van der Waals surface area contributed by atoms with Gasteiger partial charge in [-0.15, -0.1) is 0 Å². The molecule has 0 aliphatic carbocycles. The van der Waals surface area contributed by atoms with Crippen LogP contribution in [0.5, 0.6) is 0 Å². The van der Waals surface area contributed by atoms with Crippen LogP contribution in [-0.2, 0) is 36.8 Å². The summed E-state index contributed by atoms with van der Waals surface area (Å²) in [5.74, 6) is -1.19. The third-order valence-electron chi connectivity index (χ3n) is 3.14. The average molecular weight is 350 g/mol. The monoisotopic (exact) mass is 350 g/mol. The van der Waals surface area contributed by atoms with E-state index in [9.17, 15) is 14.4 Å². The van der Waals surface area contributed by atoms with Crippen LogP contribution < -0.4 is 0 Å². The zero-order valence-electron chi connectivity index (χ0n) is 15.5. The molecule has 0 N–H and O–H groups in total. The van der Waals surface area contributed by atoms with Crippen LogP contribution in [0.3, 0.4) is 0 Å². The Bertz CT molecular complexity index is 627. The fraction of sp³-hybridized carbons (Fsp3) is 0.526. The van der Waals surface area contributed by atoms with Crippen LogP contribution in [0.25, 0.3) is 0 Å². The predicted molar refractivity (Wildman–Crippen MR) is 92.0 cm³/mol. The number of ether oxygens (including phenoxy) is 3. The summed E-state index contributed by atoms with van der Waals surface area (Å²) in [6.45, 7) is 8.81. The Morgan fingerprint density at radius 2 is 1.76 bits per heavy atom. The summed E-state index contributed by atoms with van der Waals surface area (Å²) >= 11 is 0. The first kappa shape index (κ1) is 20.7. The lowest BCUT2D eigenvalue weighted by Gasteiger charge is -2.21. The standard InChI is InChI=1S/C19H26O6/c1-6-23-17(21)10-9-15-8-7-14(12-24-13(2)20)11-16(15)18(22)25-19(3,4)5/h7-8,11H,6,9-10,12H2,1-5H3. The quantitative estimate of drug-likeness (QED) is 0.555. The molecule has 0 unspecified atom stereocenters. The van der Waals surface area contributed by atoms with E-state index in [1.54, 1.807) is 45.9 Å². The van der Waals surface area contributed by atoms with E-state index >= 15 is 0 Å². The molecule has 1 aromatic carbocycles. The van der Waals surface area contributed by atoms with Gasteiger partial charge < -0.3 is 14.2 Å². The van der Waals surface area contributed by atoms with E-state index in [0.717, 1.165) is 0 Å². The largest absolute Gasteiger partial charge is 0.466 e. The van der Waals surface area contributed by atoms with Crippen LogP contribution >= 0.6 is 0 Å². The van der Waals surface area contributed by atoms with Crippen molar-refractivity contribution in [3.63, 3.8) is 0 Å². The number of esters is 3. The molecule has 0 aromatic heterocycles. The molecule has 1 aromatic rings. The summed E-state index contributed by atoms with van der Waals surface area (Å²) in [7, 11) is 0. The van der Waals surface area contributed by atoms with Gasteiger partial charge in [-0.3, -0.25) is 9.59 Å². The molecule has 138 valence electrons. The molecule has 1 rings (SSSR count). The van der Waals surface area contributed by atoms with Gasteiger partial charge in [-0.2, -0.15) is 0 Å². The van der Waals surface area contributed by atoms with Gasteiger partial charge in [0.1, 0.15) is 12.2 Å². The maximum absolute atomic E-state index is 12.5. The van der Waals surface area contributed by atoms with Gasteiger partial charge in [0, 0.05) is 13.3 Å². The SMILES string of the molecule is CCOC(=O)CCc1ccc(COC(C)=O)cc1C(=O)OC(C)(C)C. The van der Waals surface area contributed by atoms with Gasteiger partial charge in [0.15, 0.2) is 0 Å². The molecule has 6 nitrogen and oxygen atoms in total. The van der Waals surface area contributed by atoms with Crippen molar-refractivity contribution in [3.05, 3.63) is 34.9 Å². The summed E-state index contributed by atoms with van der Waals surface area (Å²) in [5.41, 5.74) is 1.09. The van der Waals surface area contributed by atoms with E-state index in [1.165, 1.54) is 6.92 Å². The lowest BCUT2D eigenvalue weighted by atomic mass is 10.00. The molecule has 0 saturated carbocycles. The maximum Gasteiger partial charge on any atom is 0.338 e. The molecule has 0 heterocycles. The van der Waals surface area contributed by atoms with Gasteiger partial charge in [0.25, 0.3) is 0 Å². The minimum atomic E-state index is -0.638. The zero-order chi connectivity index (χ0) is 19.0. The van der Waals surface area contributed by atoms with Crippen molar-refractivity contribution in [2.45, 2.75) is 59.7 Å². The lowest BCUT2D eigenvalue weighted by Crippen LogP contribution is -2.25. The van der Waals surface area contributed by atoms with Crippen molar-refractivity contribution in [2.24, 2.45) is 0 Å². The maximum atomic E-state index is 12.5. The number of hydrogen-bond acceptors (Lipinski definition) is 6. The smallest absolute Gasteiger partial charge is 0.338 e. The van der Waals surface area contributed by atoms with Gasteiger partial charge in [0.2, 0.25) is 0 Å². The molecule has 0 saturated heterocycles. The molecule has 0 spiro atoms. The molecule has 0 fully saturated rings. The van der Waals surface area contributed by atoms with Gasteiger partial charge >= 0.3 is 17.9 Å². The molecular formula is C19H26O6. The molecule has 0 radical (unpaired) electrons. The molecule has 0 bridgehead atoms. The van der Waals surface area contributed by atoms with Crippen LogP contribution in [0.2, 0.25) is 0 Å². The molecule has 0 aliphatic heterocycles. The number of carbonyl (C=O) groups is 3. The van der Waals surface area contributed by atoms with Gasteiger partial charge in [-0.05, 0) is 51.3 Å². The van der Waals surface area contributed by atoms with Crippen molar-refractivity contribution >= 4 is 17.9 Å².